The molecule has 4 heteroatoms. The molecule has 1 saturated heterocycles. The van der Waals surface area contributed by atoms with Gasteiger partial charge < -0.3 is 4.74 Å². The molecule has 0 radical (unpaired) electrons. The van der Waals surface area contributed by atoms with E-state index in [0.717, 1.165) is 26.1 Å². The van der Waals surface area contributed by atoms with Crippen LogP contribution >= 0.6 is 11.3 Å². The van der Waals surface area contributed by atoms with Crippen molar-refractivity contribution in [2.45, 2.75) is 52.4 Å². The molecule has 2 heterocycles. The molecule has 2 rings (SSSR count). The van der Waals surface area contributed by atoms with Gasteiger partial charge in [-0.25, -0.2) is 4.98 Å². The first-order valence-corrected chi connectivity index (χ1v) is 7.36. The summed E-state index contributed by atoms with van der Waals surface area (Å²) in [6.45, 7) is 9.50. The largest absolute Gasteiger partial charge is 0.373 e. The van der Waals surface area contributed by atoms with Crippen molar-refractivity contribution in [2.24, 2.45) is 0 Å². The summed E-state index contributed by atoms with van der Waals surface area (Å²) in [6, 6.07) is 0. The van der Waals surface area contributed by atoms with Gasteiger partial charge in [0.25, 0.3) is 0 Å². The van der Waals surface area contributed by atoms with Crippen molar-refractivity contribution in [1.29, 1.82) is 0 Å². The Hall–Kier alpha value is -0.450. The number of morpholine rings is 1. The van der Waals surface area contributed by atoms with E-state index in [1.165, 1.54) is 17.1 Å². The first-order chi connectivity index (χ1) is 8.17. The molecule has 0 bridgehead atoms. The SMILES string of the molecule is CCCc1nc(CN2C[C@@H](C)O[C@@H](C)C2)cs1. The lowest BCUT2D eigenvalue weighted by Crippen LogP contribution is -2.44. The molecule has 17 heavy (non-hydrogen) atoms. The standard InChI is InChI=1S/C13H22N2OS/c1-4-5-13-14-12(9-17-13)8-15-6-10(2)16-11(3)7-15/h9-11H,4-8H2,1-3H3/t10-,11+. The van der Waals surface area contributed by atoms with Crippen LogP contribution in [0.4, 0.5) is 0 Å². The predicted octanol–water partition coefficient (Wildman–Crippen LogP) is 2.70. The summed E-state index contributed by atoms with van der Waals surface area (Å²) in [7, 11) is 0. The fourth-order valence-corrected chi connectivity index (χ4v) is 3.28. The van der Waals surface area contributed by atoms with E-state index in [9.17, 15) is 0 Å². The normalized spacial score (nSPS) is 26.3. The molecular formula is C13H22N2OS. The molecule has 2 atom stereocenters. The van der Waals surface area contributed by atoms with Crippen LogP contribution in [-0.4, -0.2) is 35.2 Å². The highest BCUT2D eigenvalue weighted by molar-refractivity contribution is 7.09. The lowest BCUT2D eigenvalue weighted by molar-refractivity contribution is -0.0707. The van der Waals surface area contributed by atoms with Crippen molar-refractivity contribution in [2.75, 3.05) is 13.1 Å². The highest BCUT2D eigenvalue weighted by atomic mass is 32.1. The Morgan fingerprint density at radius 3 is 2.76 bits per heavy atom. The highest BCUT2D eigenvalue weighted by Crippen LogP contribution is 2.17. The predicted molar refractivity (Wildman–Crippen MR) is 71.4 cm³/mol. The Kier molecular flexibility index (Phi) is 4.54. The summed E-state index contributed by atoms with van der Waals surface area (Å²) >= 11 is 1.80. The first-order valence-electron chi connectivity index (χ1n) is 6.48. The van der Waals surface area contributed by atoms with Crippen LogP contribution in [0.1, 0.15) is 37.9 Å². The second-order valence-corrected chi connectivity index (χ2v) is 5.88. The minimum Gasteiger partial charge on any atom is -0.373 e. The third-order valence-corrected chi connectivity index (χ3v) is 3.90. The Bertz CT molecular complexity index is 343. The van der Waals surface area contributed by atoms with E-state index in [4.69, 9.17) is 4.74 Å². The molecule has 1 aromatic rings. The molecule has 0 N–H and O–H groups in total. The minimum atomic E-state index is 0.340. The van der Waals surface area contributed by atoms with E-state index < -0.39 is 0 Å². The number of hydrogen-bond donors (Lipinski definition) is 0. The van der Waals surface area contributed by atoms with Gasteiger partial charge in [-0.3, -0.25) is 4.90 Å². The molecule has 3 nitrogen and oxygen atoms in total. The van der Waals surface area contributed by atoms with E-state index in [2.05, 4.69) is 36.0 Å². The number of nitrogens with zero attached hydrogens (tertiary/aromatic N) is 2. The summed E-state index contributed by atoms with van der Waals surface area (Å²) in [5.41, 5.74) is 1.22. The lowest BCUT2D eigenvalue weighted by Gasteiger charge is -2.34. The van der Waals surface area contributed by atoms with Gasteiger partial charge in [0, 0.05) is 25.0 Å². The van der Waals surface area contributed by atoms with E-state index >= 15 is 0 Å². The van der Waals surface area contributed by atoms with Crippen LogP contribution < -0.4 is 0 Å². The maximum atomic E-state index is 5.74. The van der Waals surface area contributed by atoms with Crippen LogP contribution in [0.5, 0.6) is 0 Å². The monoisotopic (exact) mass is 254 g/mol. The number of hydrogen-bond acceptors (Lipinski definition) is 4. The van der Waals surface area contributed by atoms with Crippen molar-refractivity contribution in [1.82, 2.24) is 9.88 Å². The van der Waals surface area contributed by atoms with Gasteiger partial charge in [-0.1, -0.05) is 6.92 Å². The molecule has 0 spiro atoms. The fraction of sp³-hybridized carbons (Fsp3) is 0.769. The quantitative estimate of drug-likeness (QED) is 0.826. The molecule has 1 aliphatic heterocycles. The van der Waals surface area contributed by atoms with E-state index in [0.29, 0.717) is 12.2 Å². The molecular weight excluding hydrogens is 232 g/mol. The van der Waals surface area contributed by atoms with Gasteiger partial charge in [0.05, 0.1) is 22.9 Å². The molecule has 0 unspecified atom stereocenters. The van der Waals surface area contributed by atoms with Crippen LogP contribution in [0.25, 0.3) is 0 Å². The van der Waals surface area contributed by atoms with Crippen LogP contribution in [-0.2, 0) is 17.7 Å². The second-order valence-electron chi connectivity index (χ2n) is 4.93. The van der Waals surface area contributed by atoms with E-state index in [-0.39, 0.29) is 0 Å². The Morgan fingerprint density at radius 1 is 1.41 bits per heavy atom. The molecule has 0 amide bonds. The average molecular weight is 254 g/mol. The second kappa shape index (κ2) is 5.94. The van der Waals surface area contributed by atoms with Crippen LogP contribution in [0.3, 0.4) is 0 Å². The smallest absolute Gasteiger partial charge is 0.0928 e. The maximum Gasteiger partial charge on any atom is 0.0928 e. The van der Waals surface area contributed by atoms with Crippen LogP contribution in [0, 0.1) is 0 Å². The summed E-state index contributed by atoms with van der Waals surface area (Å²) in [6.07, 6.45) is 2.97. The summed E-state index contributed by atoms with van der Waals surface area (Å²) in [4.78, 5) is 7.13. The van der Waals surface area contributed by atoms with Crippen molar-refractivity contribution < 1.29 is 4.74 Å². The maximum absolute atomic E-state index is 5.74. The number of aromatic nitrogens is 1. The molecule has 96 valence electrons. The van der Waals surface area contributed by atoms with E-state index in [1.807, 2.05) is 0 Å². The topological polar surface area (TPSA) is 25.4 Å². The van der Waals surface area contributed by atoms with Gasteiger partial charge in [-0.05, 0) is 26.7 Å². The Balaban J connectivity index is 1.90. The number of rotatable bonds is 4. The van der Waals surface area contributed by atoms with Gasteiger partial charge in [-0.15, -0.1) is 11.3 Å². The molecule has 1 fully saturated rings. The summed E-state index contributed by atoms with van der Waals surface area (Å²) < 4.78 is 5.74. The van der Waals surface area contributed by atoms with E-state index in [1.54, 1.807) is 11.3 Å². The third-order valence-electron chi connectivity index (χ3n) is 2.94. The van der Waals surface area contributed by atoms with Gasteiger partial charge in [0.2, 0.25) is 0 Å². The number of aryl methyl sites for hydroxylation is 1. The van der Waals surface area contributed by atoms with Crippen molar-refractivity contribution in [3.63, 3.8) is 0 Å². The fourth-order valence-electron chi connectivity index (χ4n) is 2.39. The van der Waals surface area contributed by atoms with Gasteiger partial charge >= 0.3 is 0 Å². The van der Waals surface area contributed by atoms with Crippen LogP contribution in [0.2, 0.25) is 0 Å². The number of thiazole rings is 1. The van der Waals surface area contributed by atoms with Crippen molar-refractivity contribution in [3.8, 4) is 0 Å². The zero-order chi connectivity index (χ0) is 12.3. The Labute approximate surface area is 108 Å². The number of ether oxygens (including phenoxy) is 1. The zero-order valence-corrected chi connectivity index (χ0v) is 11.8. The molecule has 0 aromatic carbocycles. The zero-order valence-electron chi connectivity index (χ0n) is 11.0. The highest BCUT2D eigenvalue weighted by Gasteiger charge is 2.22. The van der Waals surface area contributed by atoms with Gasteiger partial charge in [0.15, 0.2) is 0 Å². The Morgan fingerprint density at radius 2 is 2.12 bits per heavy atom. The van der Waals surface area contributed by atoms with Crippen molar-refractivity contribution >= 4 is 11.3 Å². The summed E-state index contributed by atoms with van der Waals surface area (Å²) in [5.74, 6) is 0. The van der Waals surface area contributed by atoms with Gasteiger partial charge in [0.1, 0.15) is 0 Å². The third kappa shape index (κ3) is 3.76. The minimum absolute atomic E-state index is 0.340. The average Bonchev–Trinajstić information content (AvgIpc) is 2.64. The summed E-state index contributed by atoms with van der Waals surface area (Å²) in [5, 5.41) is 3.48. The van der Waals surface area contributed by atoms with Crippen molar-refractivity contribution in [3.05, 3.63) is 16.1 Å². The lowest BCUT2D eigenvalue weighted by atomic mass is 10.2. The molecule has 0 aliphatic carbocycles. The molecule has 1 aliphatic rings. The van der Waals surface area contributed by atoms with Crippen LogP contribution in [0.15, 0.2) is 5.38 Å². The molecule has 0 saturated carbocycles. The molecule has 1 aromatic heterocycles. The first kappa shape index (κ1) is 13.0. The van der Waals surface area contributed by atoms with Gasteiger partial charge in [-0.2, -0.15) is 0 Å².